The van der Waals surface area contributed by atoms with Gasteiger partial charge in [-0.2, -0.15) is 0 Å². The van der Waals surface area contributed by atoms with Gasteiger partial charge in [-0.25, -0.2) is 0 Å². The molecule has 52 heavy (non-hydrogen) atoms. The Kier molecular flexibility index (Phi) is 9.29. The van der Waals surface area contributed by atoms with Crippen molar-refractivity contribution in [2.45, 2.75) is 36.2 Å². The predicted octanol–water partition coefficient (Wildman–Crippen LogP) is 6.25. The van der Waals surface area contributed by atoms with E-state index in [4.69, 9.17) is 9.47 Å². The summed E-state index contributed by atoms with van der Waals surface area (Å²) in [5, 5.41) is 15.6. The summed E-state index contributed by atoms with van der Waals surface area (Å²) in [4.78, 5) is 46.9. The van der Waals surface area contributed by atoms with E-state index in [9.17, 15) is 14.7 Å². The van der Waals surface area contributed by atoms with E-state index in [1.54, 1.807) is 12.1 Å². The van der Waals surface area contributed by atoms with Crippen molar-refractivity contribution >= 4 is 46.1 Å². The standard InChI is InChI=1S/C42H36IN3O6/c43-30-18-21-33-32(24-30)42(41(50)45-33)34(39(48)44-25-26-10-4-1-5-11-26)36-40(49)52-37(28-14-8-3-9-15-28)35(27-12-6-2-7-13-27)46(36)38(42)29-16-19-31(20-17-29)51-23-22-47/h1-21,24,34-38,47H,22-23,25H2,(H,44,48)(H,45,50)/t34-,35-,36-,37+,38+,42-/m0/s1. The van der Waals surface area contributed by atoms with Crippen LogP contribution in [0.5, 0.6) is 5.75 Å². The minimum Gasteiger partial charge on any atom is -0.491 e. The molecule has 2 amide bonds. The average Bonchev–Trinajstić information content (AvgIpc) is 3.66. The highest BCUT2D eigenvalue weighted by Gasteiger charge is 2.74. The second-order valence-electron chi connectivity index (χ2n) is 13.3. The number of morpholine rings is 1. The van der Waals surface area contributed by atoms with Gasteiger partial charge in [0.15, 0.2) is 0 Å². The molecule has 9 nitrogen and oxygen atoms in total. The maximum absolute atomic E-state index is 15.1. The van der Waals surface area contributed by atoms with Gasteiger partial charge in [0, 0.05) is 15.8 Å². The molecule has 5 aromatic rings. The molecule has 8 rings (SSSR count). The Morgan fingerprint density at radius 3 is 2.15 bits per heavy atom. The number of hydrogen-bond donors (Lipinski definition) is 3. The minimum absolute atomic E-state index is 0.124. The van der Waals surface area contributed by atoms with Gasteiger partial charge in [0.05, 0.1) is 24.6 Å². The fourth-order valence-electron chi connectivity index (χ4n) is 8.37. The molecule has 6 atom stereocenters. The van der Waals surface area contributed by atoms with Crippen LogP contribution in [0.15, 0.2) is 133 Å². The molecule has 0 aromatic heterocycles. The van der Waals surface area contributed by atoms with Crippen molar-refractivity contribution in [1.29, 1.82) is 0 Å². The fraction of sp³-hybridized carbons (Fsp3) is 0.214. The van der Waals surface area contributed by atoms with Crippen LogP contribution in [0.2, 0.25) is 0 Å². The lowest BCUT2D eigenvalue weighted by molar-refractivity contribution is -0.178. The number of anilines is 1. The molecule has 262 valence electrons. The third-order valence-electron chi connectivity index (χ3n) is 10.4. The fourth-order valence-corrected chi connectivity index (χ4v) is 8.86. The minimum atomic E-state index is -1.55. The Morgan fingerprint density at radius 2 is 1.48 bits per heavy atom. The molecular weight excluding hydrogens is 769 g/mol. The largest absolute Gasteiger partial charge is 0.491 e. The van der Waals surface area contributed by atoms with E-state index in [0.29, 0.717) is 17.0 Å². The lowest BCUT2D eigenvalue weighted by Crippen LogP contribution is -2.54. The zero-order valence-electron chi connectivity index (χ0n) is 28.0. The molecule has 10 heteroatoms. The van der Waals surface area contributed by atoms with Crippen molar-refractivity contribution in [2.75, 3.05) is 18.5 Å². The summed E-state index contributed by atoms with van der Waals surface area (Å²) >= 11 is 2.23. The summed E-state index contributed by atoms with van der Waals surface area (Å²) in [6, 6.07) is 39.6. The van der Waals surface area contributed by atoms with Crippen molar-refractivity contribution < 1.29 is 29.0 Å². The third kappa shape index (κ3) is 5.75. The molecule has 1 spiro atoms. The molecule has 2 saturated heterocycles. The number of fused-ring (bicyclic) bond motifs is 3. The first kappa shape index (κ1) is 34.1. The molecule has 3 heterocycles. The van der Waals surface area contributed by atoms with Gasteiger partial charge in [-0.3, -0.25) is 19.3 Å². The second kappa shape index (κ2) is 14.2. The first-order valence-electron chi connectivity index (χ1n) is 17.3. The van der Waals surface area contributed by atoms with E-state index in [2.05, 4.69) is 38.1 Å². The Balaban J connectivity index is 1.39. The van der Waals surface area contributed by atoms with Crippen LogP contribution in [0.4, 0.5) is 5.69 Å². The number of nitrogens with zero attached hydrogens (tertiary/aromatic N) is 1. The van der Waals surface area contributed by atoms with Crippen LogP contribution in [0.3, 0.4) is 0 Å². The maximum Gasteiger partial charge on any atom is 0.324 e. The first-order chi connectivity index (χ1) is 25.4. The highest BCUT2D eigenvalue weighted by Crippen LogP contribution is 2.64. The summed E-state index contributed by atoms with van der Waals surface area (Å²) in [5.41, 5.74) is 2.99. The van der Waals surface area contributed by atoms with Crippen LogP contribution >= 0.6 is 22.6 Å². The first-order valence-corrected chi connectivity index (χ1v) is 18.3. The number of benzene rings is 5. The van der Waals surface area contributed by atoms with Crippen molar-refractivity contribution in [1.82, 2.24) is 10.2 Å². The Hall–Kier alpha value is -5.04. The molecule has 5 aromatic carbocycles. The van der Waals surface area contributed by atoms with Gasteiger partial charge in [-0.05, 0) is 80.7 Å². The van der Waals surface area contributed by atoms with Gasteiger partial charge in [0.25, 0.3) is 0 Å². The quantitative estimate of drug-likeness (QED) is 0.119. The van der Waals surface area contributed by atoms with Crippen LogP contribution < -0.4 is 15.4 Å². The molecular formula is C42H36IN3O6. The summed E-state index contributed by atoms with van der Waals surface area (Å²) in [6.07, 6.45) is -0.745. The number of aliphatic hydroxyl groups excluding tert-OH is 1. The topological polar surface area (TPSA) is 117 Å². The van der Waals surface area contributed by atoms with E-state index >= 15 is 4.79 Å². The summed E-state index contributed by atoms with van der Waals surface area (Å²) < 4.78 is 13.1. The number of carbonyl (C=O) groups excluding carboxylic acids is 3. The Labute approximate surface area is 315 Å². The normalized spacial score (nSPS) is 24.8. The van der Waals surface area contributed by atoms with Crippen LogP contribution in [0.25, 0.3) is 0 Å². The summed E-state index contributed by atoms with van der Waals surface area (Å²) in [7, 11) is 0. The number of ether oxygens (including phenoxy) is 2. The number of esters is 1. The van der Waals surface area contributed by atoms with E-state index in [1.807, 2.05) is 121 Å². The molecule has 0 aliphatic carbocycles. The number of rotatable bonds is 9. The monoisotopic (exact) mass is 805 g/mol. The molecule has 3 aliphatic rings. The van der Waals surface area contributed by atoms with Crippen LogP contribution in [-0.4, -0.2) is 47.0 Å². The van der Waals surface area contributed by atoms with Crippen molar-refractivity contribution in [3.63, 3.8) is 0 Å². The molecule has 0 bridgehead atoms. The highest BCUT2D eigenvalue weighted by molar-refractivity contribution is 14.1. The second-order valence-corrected chi connectivity index (χ2v) is 14.5. The number of hydrogen-bond acceptors (Lipinski definition) is 7. The summed E-state index contributed by atoms with van der Waals surface area (Å²) in [6.45, 7) is 0.199. The lowest BCUT2D eigenvalue weighted by Gasteiger charge is -2.46. The zero-order chi connectivity index (χ0) is 35.8. The van der Waals surface area contributed by atoms with Gasteiger partial charge >= 0.3 is 5.97 Å². The van der Waals surface area contributed by atoms with Crippen molar-refractivity contribution in [2.24, 2.45) is 5.92 Å². The van der Waals surface area contributed by atoms with Gasteiger partial charge in [0.1, 0.15) is 29.9 Å². The predicted molar refractivity (Wildman–Crippen MR) is 203 cm³/mol. The van der Waals surface area contributed by atoms with E-state index in [0.717, 1.165) is 25.8 Å². The SMILES string of the molecule is O=C1O[C@H](c2ccccc2)[C@H](c2ccccc2)N2[C@H]1[C@@H](C(=O)NCc1ccccc1)[C@]1(C(=O)Nc3ccc(I)cc31)[C@H]2c1ccc(OCCO)cc1. The highest BCUT2D eigenvalue weighted by atomic mass is 127. The molecule has 0 radical (unpaired) electrons. The van der Waals surface area contributed by atoms with Gasteiger partial charge in [-0.1, -0.05) is 103 Å². The lowest BCUT2D eigenvalue weighted by atomic mass is 9.65. The van der Waals surface area contributed by atoms with Crippen molar-refractivity contribution in [3.05, 3.63) is 165 Å². The number of halogens is 1. The molecule has 0 unspecified atom stereocenters. The van der Waals surface area contributed by atoms with Gasteiger partial charge < -0.3 is 25.2 Å². The summed E-state index contributed by atoms with van der Waals surface area (Å²) in [5.74, 6) is -1.99. The zero-order valence-corrected chi connectivity index (χ0v) is 30.2. The molecule has 3 N–H and O–H groups in total. The van der Waals surface area contributed by atoms with Crippen LogP contribution in [0.1, 0.15) is 46.0 Å². The third-order valence-corrected chi connectivity index (χ3v) is 11.1. The van der Waals surface area contributed by atoms with E-state index < -0.39 is 47.4 Å². The van der Waals surface area contributed by atoms with Crippen LogP contribution in [0, 0.1) is 9.49 Å². The maximum atomic E-state index is 15.1. The van der Waals surface area contributed by atoms with E-state index in [-0.39, 0.29) is 25.7 Å². The Bertz CT molecular complexity index is 2100. The molecule has 0 saturated carbocycles. The Morgan fingerprint density at radius 1 is 0.827 bits per heavy atom. The number of nitrogens with one attached hydrogen (secondary N) is 2. The average molecular weight is 806 g/mol. The van der Waals surface area contributed by atoms with E-state index in [1.165, 1.54) is 0 Å². The van der Waals surface area contributed by atoms with Gasteiger partial charge in [-0.15, -0.1) is 0 Å². The number of aliphatic hydroxyl groups is 1. The van der Waals surface area contributed by atoms with Gasteiger partial charge in [0.2, 0.25) is 11.8 Å². The molecule has 3 aliphatic heterocycles. The smallest absolute Gasteiger partial charge is 0.324 e. The molecule has 2 fully saturated rings. The van der Waals surface area contributed by atoms with Crippen molar-refractivity contribution in [3.8, 4) is 5.75 Å². The van der Waals surface area contributed by atoms with Crippen LogP contribution in [-0.2, 0) is 31.1 Å². The number of cyclic esters (lactones) is 1. The number of carbonyl (C=O) groups is 3. The number of amides is 2.